The lowest BCUT2D eigenvalue weighted by atomic mass is 10.1. The van der Waals surface area contributed by atoms with E-state index in [9.17, 15) is 0 Å². The first-order valence-electron chi connectivity index (χ1n) is 6.88. The van der Waals surface area contributed by atoms with Crippen LogP contribution in [-0.2, 0) is 0 Å². The Bertz CT molecular complexity index is 834. The highest BCUT2D eigenvalue weighted by Crippen LogP contribution is 2.31. The Hall–Kier alpha value is -2.87. The minimum Gasteiger partial charge on any atom is -0.352 e. The van der Waals surface area contributed by atoms with Crippen LogP contribution in [0.2, 0.25) is 0 Å². The molecule has 0 spiro atoms. The summed E-state index contributed by atoms with van der Waals surface area (Å²) in [5.41, 5.74) is 0.608. The molecule has 0 amide bonds. The number of anilines is 1. The average Bonchev–Trinajstić information content (AvgIpc) is 2.95. The molecule has 3 aromatic rings. The van der Waals surface area contributed by atoms with Crippen LogP contribution in [-0.4, -0.2) is 27.9 Å². The maximum atomic E-state index is 8.85. The van der Waals surface area contributed by atoms with Gasteiger partial charge in [-0.1, -0.05) is 24.3 Å². The zero-order valence-electron chi connectivity index (χ0n) is 11.3. The van der Waals surface area contributed by atoms with E-state index in [1.54, 1.807) is 12.4 Å². The third-order valence-corrected chi connectivity index (χ3v) is 3.92. The van der Waals surface area contributed by atoms with Gasteiger partial charge in [-0.05, 0) is 11.5 Å². The van der Waals surface area contributed by atoms with E-state index in [1.165, 1.54) is 10.8 Å². The van der Waals surface area contributed by atoms with Crippen LogP contribution in [0.1, 0.15) is 11.6 Å². The predicted molar refractivity (Wildman–Crippen MR) is 79.9 cm³/mol. The molecule has 1 aliphatic rings. The van der Waals surface area contributed by atoms with Crippen molar-refractivity contribution in [2.75, 3.05) is 18.0 Å². The van der Waals surface area contributed by atoms with Crippen LogP contribution in [0.5, 0.6) is 0 Å². The van der Waals surface area contributed by atoms with E-state index < -0.39 is 0 Å². The summed E-state index contributed by atoms with van der Waals surface area (Å²) in [6.07, 6.45) is 5.27. The highest BCUT2D eigenvalue weighted by Gasteiger charge is 2.30. The number of hydrogen-bond acceptors (Lipinski definition) is 4. The molecule has 1 aliphatic heterocycles. The third kappa shape index (κ3) is 1.93. The van der Waals surface area contributed by atoms with Crippen LogP contribution >= 0.6 is 0 Å². The van der Waals surface area contributed by atoms with Crippen LogP contribution in [0, 0.1) is 11.3 Å². The van der Waals surface area contributed by atoms with Crippen molar-refractivity contribution in [3.05, 3.63) is 54.5 Å². The van der Waals surface area contributed by atoms with Gasteiger partial charge in [-0.2, -0.15) is 10.4 Å². The molecule has 0 bridgehead atoms. The molecular weight excluding hydrogens is 262 g/mol. The summed E-state index contributed by atoms with van der Waals surface area (Å²) in [4.78, 5) is 6.77. The molecule has 0 atom stereocenters. The van der Waals surface area contributed by atoms with Gasteiger partial charge in [0, 0.05) is 30.9 Å². The number of rotatable bonds is 2. The van der Waals surface area contributed by atoms with Crippen molar-refractivity contribution >= 4 is 16.6 Å². The Morgan fingerprint density at radius 3 is 2.86 bits per heavy atom. The fourth-order valence-corrected chi connectivity index (χ4v) is 2.75. The first-order valence-corrected chi connectivity index (χ1v) is 6.88. The van der Waals surface area contributed by atoms with E-state index in [0.29, 0.717) is 11.6 Å². The van der Waals surface area contributed by atoms with Crippen molar-refractivity contribution in [2.45, 2.75) is 6.04 Å². The zero-order chi connectivity index (χ0) is 14.2. The van der Waals surface area contributed by atoms with Crippen molar-refractivity contribution in [1.82, 2.24) is 14.8 Å². The van der Waals surface area contributed by atoms with Crippen molar-refractivity contribution < 1.29 is 0 Å². The third-order valence-electron chi connectivity index (χ3n) is 3.92. The lowest BCUT2D eigenvalue weighted by Gasteiger charge is -2.40. The van der Waals surface area contributed by atoms with Gasteiger partial charge in [-0.15, -0.1) is 0 Å². The van der Waals surface area contributed by atoms with Crippen molar-refractivity contribution in [3.63, 3.8) is 0 Å². The summed E-state index contributed by atoms with van der Waals surface area (Å²) in [7, 11) is 0. The molecule has 21 heavy (non-hydrogen) atoms. The number of nitriles is 1. The smallest absolute Gasteiger partial charge is 0.136 e. The van der Waals surface area contributed by atoms with E-state index in [2.05, 4.69) is 33.2 Å². The number of pyridine rings is 1. The Labute approximate surface area is 122 Å². The van der Waals surface area contributed by atoms with Crippen molar-refractivity contribution in [1.29, 1.82) is 5.26 Å². The second-order valence-electron chi connectivity index (χ2n) is 5.24. The van der Waals surface area contributed by atoms with Crippen molar-refractivity contribution in [3.8, 4) is 6.07 Å². The van der Waals surface area contributed by atoms with Crippen molar-refractivity contribution in [2.24, 2.45) is 0 Å². The van der Waals surface area contributed by atoms with E-state index in [4.69, 9.17) is 5.26 Å². The SMILES string of the molecule is N#Cc1cnn(C2CN(c3nccc4ccccc34)C2)c1. The minimum atomic E-state index is 0.313. The van der Waals surface area contributed by atoms with Gasteiger partial charge < -0.3 is 4.90 Å². The van der Waals surface area contributed by atoms with E-state index >= 15 is 0 Å². The lowest BCUT2D eigenvalue weighted by molar-refractivity contribution is 0.366. The second kappa shape index (κ2) is 4.60. The highest BCUT2D eigenvalue weighted by molar-refractivity contribution is 5.92. The Kier molecular flexibility index (Phi) is 2.61. The molecule has 0 N–H and O–H groups in total. The second-order valence-corrected chi connectivity index (χ2v) is 5.24. The Morgan fingerprint density at radius 2 is 2.05 bits per heavy atom. The molecule has 5 heteroatoms. The number of benzene rings is 1. The Morgan fingerprint density at radius 1 is 1.19 bits per heavy atom. The molecule has 1 fully saturated rings. The molecule has 4 rings (SSSR count). The number of hydrogen-bond donors (Lipinski definition) is 0. The molecule has 0 unspecified atom stereocenters. The van der Waals surface area contributed by atoms with Gasteiger partial charge in [0.1, 0.15) is 11.9 Å². The molecule has 1 aromatic carbocycles. The molecule has 102 valence electrons. The van der Waals surface area contributed by atoms with Gasteiger partial charge in [0.2, 0.25) is 0 Å². The zero-order valence-corrected chi connectivity index (χ0v) is 11.3. The average molecular weight is 275 g/mol. The predicted octanol–water partition coefficient (Wildman–Crippen LogP) is 2.36. The molecule has 1 saturated heterocycles. The van der Waals surface area contributed by atoms with Crippen LogP contribution in [0.3, 0.4) is 0 Å². The summed E-state index contributed by atoms with van der Waals surface area (Å²) in [6, 6.07) is 12.7. The van der Waals surface area contributed by atoms with Crippen LogP contribution in [0.25, 0.3) is 10.8 Å². The van der Waals surface area contributed by atoms with Gasteiger partial charge in [-0.25, -0.2) is 4.98 Å². The van der Waals surface area contributed by atoms with E-state index in [1.807, 2.05) is 29.1 Å². The van der Waals surface area contributed by atoms with Crippen LogP contribution in [0.15, 0.2) is 48.9 Å². The van der Waals surface area contributed by atoms with Gasteiger partial charge >= 0.3 is 0 Å². The molecule has 3 heterocycles. The summed E-state index contributed by atoms with van der Waals surface area (Å²) in [5, 5.41) is 15.5. The fraction of sp³-hybridized carbons (Fsp3) is 0.188. The number of aromatic nitrogens is 3. The molecule has 5 nitrogen and oxygen atoms in total. The minimum absolute atomic E-state index is 0.313. The molecule has 0 saturated carbocycles. The number of nitrogens with zero attached hydrogens (tertiary/aromatic N) is 5. The summed E-state index contributed by atoms with van der Waals surface area (Å²) in [5.74, 6) is 1.03. The van der Waals surface area contributed by atoms with Gasteiger partial charge in [0.15, 0.2) is 0 Å². The largest absolute Gasteiger partial charge is 0.352 e. The summed E-state index contributed by atoms with van der Waals surface area (Å²) in [6.45, 7) is 1.74. The monoisotopic (exact) mass is 275 g/mol. The molecule has 2 aromatic heterocycles. The van der Waals surface area contributed by atoms with Crippen LogP contribution < -0.4 is 4.90 Å². The standard InChI is InChI=1S/C16H13N5/c17-7-12-8-19-21(9-12)14-10-20(11-14)16-15-4-2-1-3-13(15)5-6-18-16/h1-6,8-9,14H,10-11H2. The van der Waals surface area contributed by atoms with Gasteiger partial charge in [0.05, 0.1) is 17.8 Å². The first kappa shape index (κ1) is 11.9. The summed E-state index contributed by atoms with van der Waals surface area (Å²) < 4.78 is 1.88. The lowest BCUT2D eigenvalue weighted by Crippen LogP contribution is -2.48. The highest BCUT2D eigenvalue weighted by atomic mass is 15.4. The number of fused-ring (bicyclic) bond motifs is 1. The normalized spacial score (nSPS) is 14.9. The Balaban J connectivity index is 1.58. The maximum absolute atomic E-state index is 8.85. The van der Waals surface area contributed by atoms with Crippen LogP contribution in [0.4, 0.5) is 5.82 Å². The summed E-state index contributed by atoms with van der Waals surface area (Å²) >= 11 is 0. The van der Waals surface area contributed by atoms with E-state index in [0.717, 1.165) is 18.9 Å². The van der Waals surface area contributed by atoms with E-state index in [-0.39, 0.29) is 0 Å². The molecular formula is C16H13N5. The maximum Gasteiger partial charge on any atom is 0.136 e. The molecule has 0 aliphatic carbocycles. The van der Waals surface area contributed by atoms with Gasteiger partial charge in [-0.3, -0.25) is 4.68 Å². The molecule has 0 radical (unpaired) electrons. The topological polar surface area (TPSA) is 57.7 Å². The fourth-order valence-electron chi connectivity index (χ4n) is 2.75. The quantitative estimate of drug-likeness (QED) is 0.720. The van der Waals surface area contributed by atoms with Gasteiger partial charge in [0.25, 0.3) is 0 Å². The first-order chi connectivity index (χ1) is 10.3.